The van der Waals surface area contributed by atoms with Crippen LogP contribution in [0.2, 0.25) is 0 Å². The highest BCUT2D eigenvalue weighted by Crippen LogP contribution is 2.16. The topological polar surface area (TPSA) is 38.3 Å². The molecule has 1 amide bonds. The predicted molar refractivity (Wildman–Crippen MR) is 67.7 cm³/mol. The molecule has 0 atom stereocenters. The summed E-state index contributed by atoms with van der Waals surface area (Å²) in [4.78, 5) is 11.7. The van der Waals surface area contributed by atoms with E-state index in [2.05, 4.69) is 21.2 Å². The fourth-order valence-corrected chi connectivity index (χ4v) is 1.52. The lowest BCUT2D eigenvalue weighted by Gasteiger charge is -2.06. The van der Waals surface area contributed by atoms with E-state index in [1.54, 1.807) is 6.07 Å². The lowest BCUT2D eigenvalue weighted by atomic mass is 10.1. The van der Waals surface area contributed by atoms with E-state index in [-0.39, 0.29) is 5.91 Å². The van der Waals surface area contributed by atoms with Crippen molar-refractivity contribution in [1.82, 2.24) is 5.32 Å². The van der Waals surface area contributed by atoms with Crippen LogP contribution in [0.4, 0.5) is 0 Å². The third-order valence-electron chi connectivity index (χ3n) is 2.16. The van der Waals surface area contributed by atoms with Gasteiger partial charge in [-0.15, -0.1) is 0 Å². The number of amides is 1. The SMILES string of the molecule is CCOCCNC(=O)c1ccc(Br)c(C)c1. The van der Waals surface area contributed by atoms with Gasteiger partial charge >= 0.3 is 0 Å². The Kier molecular flexibility index (Phi) is 5.49. The Morgan fingerprint density at radius 2 is 2.25 bits per heavy atom. The van der Waals surface area contributed by atoms with Crippen LogP contribution in [0.25, 0.3) is 0 Å². The number of rotatable bonds is 5. The minimum absolute atomic E-state index is 0.0599. The number of nitrogens with one attached hydrogen (secondary N) is 1. The average molecular weight is 286 g/mol. The second-order valence-electron chi connectivity index (χ2n) is 3.42. The molecular formula is C12H16BrNO2. The largest absolute Gasteiger partial charge is 0.380 e. The number of hydrogen-bond donors (Lipinski definition) is 1. The molecule has 16 heavy (non-hydrogen) atoms. The van der Waals surface area contributed by atoms with Crippen LogP contribution in [-0.4, -0.2) is 25.7 Å². The predicted octanol–water partition coefficient (Wildman–Crippen LogP) is 2.52. The molecule has 0 saturated carbocycles. The van der Waals surface area contributed by atoms with E-state index in [4.69, 9.17) is 4.74 Å². The van der Waals surface area contributed by atoms with Crippen molar-refractivity contribution in [2.75, 3.05) is 19.8 Å². The van der Waals surface area contributed by atoms with Gasteiger partial charge in [-0.2, -0.15) is 0 Å². The van der Waals surface area contributed by atoms with E-state index in [9.17, 15) is 4.79 Å². The molecule has 3 nitrogen and oxygen atoms in total. The van der Waals surface area contributed by atoms with Crippen molar-refractivity contribution in [3.63, 3.8) is 0 Å². The monoisotopic (exact) mass is 285 g/mol. The van der Waals surface area contributed by atoms with Crippen LogP contribution >= 0.6 is 15.9 Å². The first kappa shape index (κ1) is 13.2. The normalized spacial score (nSPS) is 10.2. The summed E-state index contributed by atoms with van der Waals surface area (Å²) in [6.07, 6.45) is 0. The summed E-state index contributed by atoms with van der Waals surface area (Å²) in [6, 6.07) is 5.54. The Morgan fingerprint density at radius 3 is 2.88 bits per heavy atom. The van der Waals surface area contributed by atoms with Gasteiger partial charge in [-0.05, 0) is 37.6 Å². The van der Waals surface area contributed by atoms with E-state index < -0.39 is 0 Å². The highest BCUT2D eigenvalue weighted by Gasteiger charge is 2.05. The molecule has 4 heteroatoms. The number of hydrogen-bond acceptors (Lipinski definition) is 2. The smallest absolute Gasteiger partial charge is 0.251 e. The minimum Gasteiger partial charge on any atom is -0.380 e. The highest BCUT2D eigenvalue weighted by atomic mass is 79.9. The van der Waals surface area contributed by atoms with E-state index in [0.29, 0.717) is 25.3 Å². The van der Waals surface area contributed by atoms with Crippen LogP contribution < -0.4 is 5.32 Å². The first-order valence-electron chi connectivity index (χ1n) is 5.27. The Labute approximate surface area is 104 Å². The van der Waals surface area contributed by atoms with Gasteiger partial charge in [0.05, 0.1) is 6.61 Å². The number of carbonyl (C=O) groups is 1. The van der Waals surface area contributed by atoms with Crippen molar-refractivity contribution >= 4 is 21.8 Å². The molecule has 0 fully saturated rings. The number of benzene rings is 1. The van der Waals surface area contributed by atoms with Gasteiger partial charge in [-0.25, -0.2) is 0 Å². The van der Waals surface area contributed by atoms with Crippen LogP contribution in [0.15, 0.2) is 22.7 Å². The van der Waals surface area contributed by atoms with E-state index in [1.807, 2.05) is 26.0 Å². The van der Waals surface area contributed by atoms with Gasteiger partial charge in [0, 0.05) is 23.2 Å². The van der Waals surface area contributed by atoms with Crippen LogP contribution in [-0.2, 0) is 4.74 Å². The summed E-state index contributed by atoms with van der Waals surface area (Å²) in [5, 5.41) is 2.80. The van der Waals surface area contributed by atoms with E-state index in [1.165, 1.54) is 0 Å². The van der Waals surface area contributed by atoms with Gasteiger partial charge in [0.2, 0.25) is 0 Å². The molecule has 0 saturated heterocycles. The molecule has 0 heterocycles. The summed E-state index contributed by atoms with van der Waals surface area (Å²) in [5.74, 6) is -0.0599. The van der Waals surface area contributed by atoms with Gasteiger partial charge in [-0.3, -0.25) is 4.79 Å². The van der Waals surface area contributed by atoms with Gasteiger partial charge in [0.25, 0.3) is 5.91 Å². The number of halogens is 1. The standard InChI is InChI=1S/C12H16BrNO2/c1-3-16-7-6-14-12(15)10-4-5-11(13)9(2)8-10/h4-5,8H,3,6-7H2,1-2H3,(H,14,15). The van der Waals surface area contributed by atoms with Crippen LogP contribution in [0.1, 0.15) is 22.8 Å². The van der Waals surface area contributed by atoms with Gasteiger partial charge < -0.3 is 10.1 Å². The summed E-state index contributed by atoms with van der Waals surface area (Å²) in [6.45, 7) is 5.66. The minimum atomic E-state index is -0.0599. The maximum atomic E-state index is 11.7. The molecule has 0 aromatic heterocycles. The zero-order valence-corrected chi connectivity index (χ0v) is 11.1. The quantitative estimate of drug-likeness (QED) is 0.845. The van der Waals surface area contributed by atoms with Gasteiger partial charge in [-0.1, -0.05) is 15.9 Å². The van der Waals surface area contributed by atoms with E-state index >= 15 is 0 Å². The molecule has 1 rings (SSSR count). The van der Waals surface area contributed by atoms with Crippen LogP contribution in [0.5, 0.6) is 0 Å². The molecule has 0 unspecified atom stereocenters. The lowest BCUT2D eigenvalue weighted by Crippen LogP contribution is -2.27. The Hall–Kier alpha value is -0.870. The number of aryl methyl sites for hydroxylation is 1. The zero-order valence-electron chi connectivity index (χ0n) is 9.55. The second kappa shape index (κ2) is 6.66. The van der Waals surface area contributed by atoms with Crippen molar-refractivity contribution in [1.29, 1.82) is 0 Å². The molecule has 0 bridgehead atoms. The molecule has 1 N–H and O–H groups in total. The average Bonchev–Trinajstić information content (AvgIpc) is 2.28. The zero-order chi connectivity index (χ0) is 12.0. The van der Waals surface area contributed by atoms with Crippen molar-refractivity contribution in [3.05, 3.63) is 33.8 Å². The Balaban J connectivity index is 2.50. The van der Waals surface area contributed by atoms with Crippen molar-refractivity contribution in [3.8, 4) is 0 Å². The summed E-state index contributed by atoms with van der Waals surface area (Å²) >= 11 is 3.40. The van der Waals surface area contributed by atoms with E-state index in [0.717, 1.165) is 10.0 Å². The van der Waals surface area contributed by atoms with Crippen LogP contribution in [0, 0.1) is 6.92 Å². The summed E-state index contributed by atoms with van der Waals surface area (Å²) in [7, 11) is 0. The van der Waals surface area contributed by atoms with Gasteiger partial charge in [0.15, 0.2) is 0 Å². The van der Waals surface area contributed by atoms with Gasteiger partial charge in [0.1, 0.15) is 0 Å². The second-order valence-corrected chi connectivity index (χ2v) is 4.27. The molecular weight excluding hydrogens is 270 g/mol. The molecule has 1 aromatic carbocycles. The van der Waals surface area contributed by atoms with Crippen molar-refractivity contribution in [2.45, 2.75) is 13.8 Å². The number of ether oxygens (including phenoxy) is 1. The third kappa shape index (κ3) is 3.94. The molecule has 0 radical (unpaired) electrons. The molecule has 88 valence electrons. The third-order valence-corrected chi connectivity index (χ3v) is 3.05. The maximum Gasteiger partial charge on any atom is 0.251 e. The molecule has 0 aliphatic rings. The summed E-state index contributed by atoms with van der Waals surface area (Å²) < 4.78 is 6.15. The Bertz CT molecular complexity index is 366. The first-order valence-corrected chi connectivity index (χ1v) is 6.06. The first-order chi connectivity index (χ1) is 7.65. The molecule has 0 aliphatic heterocycles. The lowest BCUT2D eigenvalue weighted by molar-refractivity contribution is 0.0922. The highest BCUT2D eigenvalue weighted by molar-refractivity contribution is 9.10. The van der Waals surface area contributed by atoms with Crippen molar-refractivity contribution < 1.29 is 9.53 Å². The molecule has 0 aliphatic carbocycles. The maximum absolute atomic E-state index is 11.7. The Morgan fingerprint density at radius 1 is 1.50 bits per heavy atom. The molecule has 1 aromatic rings. The number of carbonyl (C=O) groups excluding carboxylic acids is 1. The van der Waals surface area contributed by atoms with Crippen LogP contribution in [0.3, 0.4) is 0 Å². The molecule has 0 spiro atoms. The fraction of sp³-hybridized carbons (Fsp3) is 0.417. The fourth-order valence-electron chi connectivity index (χ4n) is 1.27. The summed E-state index contributed by atoms with van der Waals surface area (Å²) in [5.41, 5.74) is 1.73. The van der Waals surface area contributed by atoms with Crippen molar-refractivity contribution in [2.24, 2.45) is 0 Å².